The topological polar surface area (TPSA) is 69.6 Å². The molecule has 16 heavy (non-hydrogen) atoms. The smallest absolute Gasteiger partial charge is 0.308 e. The van der Waals surface area contributed by atoms with Crippen LogP contribution in [0, 0.1) is 11.8 Å². The summed E-state index contributed by atoms with van der Waals surface area (Å²) in [7, 11) is 0. The Kier molecular flexibility index (Phi) is 3.39. The van der Waals surface area contributed by atoms with Gasteiger partial charge in [0.1, 0.15) is 0 Å². The third-order valence-corrected chi connectivity index (χ3v) is 4.20. The molecule has 0 aliphatic carbocycles. The molecule has 1 unspecified atom stereocenters. The summed E-state index contributed by atoms with van der Waals surface area (Å²) in [5.41, 5.74) is 0. The van der Waals surface area contributed by atoms with Crippen LogP contribution in [0.4, 0.5) is 0 Å². The van der Waals surface area contributed by atoms with Gasteiger partial charge >= 0.3 is 5.97 Å². The van der Waals surface area contributed by atoms with Gasteiger partial charge in [-0.1, -0.05) is 6.92 Å². The summed E-state index contributed by atoms with van der Waals surface area (Å²) in [5, 5.41) is 12.1. The van der Waals surface area contributed by atoms with Gasteiger partial charge in [-0.2, -0.15) is 0 Å². The standard InChI is InChI=1S/C10H16N2O3S/c1-6-2-12(3-7(6)10(14)15)9(13)8-4-16-5-11-8/h6-8,11H,2-5H2,1H3,(H,14,15)/t6-,7-,8?/m1/s1. The maximum atomic E-state index is 12.0. The molecule has 0 bridgehead atoms. The first-order valence-corrected chi connectivity index (χ1v) is 6.57. The van der Waals surface area contributed by atoms with Crippen molar-refractivity contribution in [3.63, 3.8) is 0 Å². The van der Waals surface area contributed by atoms with Gasteiger partial charge in [0.25, 0.3) is 0 Å². The minimum absolute atomic E-state index is 0.0514. The second-order valence-electron chi connectivity index (χ2n) is 4.44. The third kappa shape index (κ3) is 2.17. The molecule has 3 atom stereocenters. The molecule has 6 heteroatoms. The van der Waals surface area contributed by atoms with Crippen molar-refractivity contribution < 1.29 is 14.7 Å². The minimum atomic E-state index is -0.795. The molecule has 2 N–H and O–H groups in total. The lowest BCUT2D eigenvalue weighted by Gasteiger charge is -2.19. The van der Waals surface area contributed by atoms with Crippen molar-refractivity contribution in [2.75, 3.05) is 24.7 Å². The number of aliphatic carboxylic acids is 1. The summed E-state index contributed by atoms with van der Waals surface area (Å²) in [6.07, 6.45) is 0. The monoisotopic (exact) mass is 244 g/mol. The summed E-state index contributed by atoms with van der Waals surface area (Å²) in [5.74, 6) is 0.509. The van der Waals surface area contributed by atoms with E-state index < -0.39 is 11.9 Å². The summed E-state index contributed by atoms with van der Waals surface area (Å²) >= 11 is 1.70. The first kappa shape index (κ1) is 11.7. The van der Waals surface area contributed by atoms with Crippen molar-refractivity contribution in [3.8, 4) is 0 Å². The lowest BCUT2D eigenvalue weighted by atomic mass is 9.99. The van der Waals surface area contributed by atoms with E-state index in [1.807, 2.05) is 6.92 Å². The van der Waals surface area contributed by atoms with Gasteiger partial charge in [-0.05, 0) is 5.92 Å². The molecule has 0 radical (unpaired) electrons. The SMILES string of the molecule is C[C@@H]1CN(C(=O)C2CSCN2)C[C@H]1C(=O)O. The van der Waals surface area contributed by atoms with Crippen LogP contribution < -0.4 is 5.32 Å². The van der Waals surface area contributed by atoms with E-state index in [0.29, 0.717) is 13.1 Å². The Labute approximate surface area is 98.6 Å². The zero-order valence-electron chi connectivity index (χ0n) is 9.18. The van der Waals surface area contributed by atoms with Gasteiger partial charge in [0, 0.05) is 24.7 Å². The number of carboxylic acids is 1. The second kappa shape index (κ2) is 4.63. The minimum Gasteiger partial charge on any atom is -0.481 e. The average molecular weight is 244 g/mol. The van der Waals surface area contributed by atoms with E-state index in [1.165, 1.54) is 0 Å². The fourth-order valence-corrected chi connectivity index (χ4v) is 3.18. The molecule has 2 aliphatic rings. The van der Waals surface area contributed by atoms with Gasteiger partial charge in [-0.3, -0.25) is 14.9 Å². The lowest BCUT2D eigenvalue weighted by Crippen LogP contribution is -2.44. The van der Waals surface area contributed by atoms with E-state index in [4.69, 9.17) is 5.11 Å². The van der Waals surface area contributed by atoms with Crippen LogP contribution in [0.15, 0.2) is 0 Å². The molecule has 90 valence electrons. The highest BCUT2D eigenvalue weighted by molar-refractivity contribution is 7.99. The number of rotatable bonds is 2. The largest absolute Gasteiger partial charge is 0.481 e. The predicted molar refractivity (Wildman–Crippen MR) is 61.1 cm³/mol. The molecule has 0 aromatic heterocycles. The van der Waals surface area contributed by atoms with Crippen LogP contribution in [0.5, 0.6) is 0 Å². The van der Waals surface area contributed by atoms with Crippen molar-refractivity contribution in [2.45, 2.75) is 13.0 Å². The van der Waals surface area contributed by atoms with E-state index in [0.717, 1.165) is 11.6 Å². The molecule has 5 nitrogen and oxygen atoms in total. The van der Waals surface area contributed by atoms with Gasteiger partial charge in [0.15, 0.2) is 0 Å². The maximum absolute atomic E-state index is 12.0. The number of nitrogens with one attached hydrogen (secondary N) is 1. The lowest BCUT2D eigenvalue weighted by molar-refractivity contribution is -0.142. The molecule has 2 heterocycles. The highest BCUT2D eigenvalue weighted by Crippen LogP contribution is 2.24. The number of carboxylic acid groups (broad SMARTS) is 1. The Morgan fingerprint density at radius 1 is 1.44 bits per heavy atom. The highest BCUT2D eigenvalue weighted by atomic mass is 32.2. The van der Waals surface area contributed by atoms with E-state index in [1.54, 1.807) is 16.7 Å². The zero-order valence-corrected chi connectivity index (χ0v) is 10.00. The van der Waals surface area contributed by atoms with Gasteiger partial charge in [0.2, 0.25) is 5.91 Å². The molecular weight excluding hydrogens is 228 g/mol. The third-order valence-electron chi connectivity index (χ3n) is 3.26. The van der Waals surface area contributed by atoms with Crippen molar-refractivity contribution >= 4 is 23.6 Å². The quantitative estimate of drug-likeness (QED) is 0.705. The Morgan fingerprint density at radius 2 is 2.19 bits per heavy atom. The molecule has 0 spiro atoms. The number of hydrogen-bond acceptors (Lipinski definition) is 4. The van der Waals surface area contributed by atoms with Crippen LogP contribution in [-0.4, -0.2) is 52.6 Å². The van der Waals surface area contributed by atoms with Crippen molar-refractivity contribution in [3.05, 3.63) is 0 Å². The number of thioether (sulfide) groups is 1. The fraction of sp³-hybridized carbons (Fsp3) is 0.800. The summed E-state index contributed by atoms with van der Waals surface area (Å²) in [4.78, 5) is 24.6. The number of nitrogens with zero attached hydrogens (tertiary/aromatic N) is 1. The van der Waals surface area contributed by atoms with Crippen LogP contribution in [0.25, 0.3) is 0 Å². The normalized spacial score (nSPS) is 34.3. The molecule has 0 aromatic rings. The fourth-order valence-electron chi connectivity index (χ4n) is 2.24. The van der Waals surface area contributed by atoms with Gasteiger partial charge < -0.3 is 10.0 Å². The Balaban J connectivity index is 1.96. The van der Waals surface area contributed by atoms with Gasteiger partial charge in [-0.25, -0.2) is 0 Å². The summed E-state index contributed by atoms with van der Waals surface area (Å²) < 4.78 is 0. The van der Waals surface area contributed by atoms with Crippen molar-refractivity contribution in [1.29, 1.82) is 0 Å². The summed E-state index contributed by atoms with van der Waals surface area (Å²) in [6, 6.07) is -0.121. The van der Waals surface area contributed by atoms with Crippen LogP contribution >= 0.6 is 11.8 Å². The number of amides is 1. The van der Waals surface area contributed by atoms with E-state index in [-0.39, 0.29) is 17.9 Å². The van der Waals surface area contributed by atoms with E-state index in [9.17, 15) is 9.59 Å². The first-order valence-electron chi connectivity index (χ1n) is 5.42. The molecular formula is C10H16N2O3S. The molecule has 2 fully saturated rings. The Bertz CT molecular complexity index is 304. The van der Waals surface area contributed by atoms with E-state index >= 15 is 0 Å². The second-order valence-corrected chi connectivity index (χ2v) is 5.47. The first-order chi connectivity index (χ1) is 7.59. The number of likely N-dealkylation sites (tertiary alicyclic amines) is 1. The molecule has 2 saturated heterocycles. The molecule has 2 aliphatic heterocycles. The molecule has 0 aromatic carbocycles. The Morgan fingerprint density at radius 3 is 2.69 bits per heavy atom. The molecule has 1 amide bonds. The van der Waals surface area contributed by atoms with Gasteiger partial charge in [0.05, 0.1) is 12.0 Å². The predicted octanol–water partition coefficient (Wildman–Crippen LogP) is -0.172. The number of hydrogen-bond donors (Lipinski definition) is 2. The highest BCUT2D eigenvalue weighted by Gasteiger charge is 2.39. The number of carbonyl (C=O) groups is 2. The van der Waals surface area contributed by atoms with Crippen molar-refractivity contribution in [2.24, 2.45) is 11.8 Å². The van der Waals surface area contributed by atoms with Crippen LogP contribution in [0.1, 0.15) is 6.92 Å². The van der Waals surface area contributed by atoms with E-state index in [2.05, 4.69) is 5.32 Å². The van der Waals surface area contributed by atoms with Crippen LogP contribution in [0.3, 0.4) is 0 Å². The maximum Gasteiger partial charge on any atom is 0.308 e. The van der Waals surface area contributed by atoms with Crippen LogP contribution in [-0.2, 0) is 9.59 Å². The van der Waals surface area contributed by atoms with Crippen LogP contribution in [0.2, 0.25) is 0 Å². The van der Waals surface area contributed by atoms with Gasteiger partial charge in [-0.15, -0.1) is 11.8 Å². The average Bonchev–Trinajstić information content (AvgIpc) is 2.84. The molecule has 0 saturated carbocycles. The molecule has 2 rings (SSSR count). The summed E-state index contributed by atoms with van der Waals surface area (Å²) in [6.45, 7) is 2.82. The zero-order chi connectivity index (χ0) is 11.7. The Hall–Kier alpha value is -0.750. The number of carbonyl (C=O) groups excluding carboxylic acids is 1. The van der Waals surface area contributed by atoms with Crippen molar-refractivity contribution in [1.82, 2.24) is 10.2 Å².